The third-order valence-electron chi connectivity index (χ3n) is 7.28. The molecule has 7 heteroatoms. The molecule has 0 aliphatic carbocycles. The summed E-state index contributed by atoms with van der Waals surface area (Å²) in [5.41, 5.74) is 3.93. The standard InChI is InChI=1S/C29H32N4OS2/c1-29(2)18-22-23(19-34-29)36-27-24(22)26(30-28(31-27)35-3)33-16-14-32(15-17-33)25(20-10-6-4-7-11-20)21-12-8-5-9-13-21/h4-13,25H,14-19H2,1-3H3. The molecular weight excluding hydrogens is 484 g/mol. The van der Waals surface area contributed by atoms with E-state index in [1.54, 1.807) is 23.1 Å². The summed E-state index contributed by atoms with van der Waals surface area (Å²) in [5.74, 6) is 1.11. The van der Waals surface area contributed by atoms with Crippen molar-refractivity contribution in [2.45, 2.75) is 43.7 Å². The summed E-state index contributed by atoms with van der Waals surface area (Å²) in [6.45, 7) is 8.89. The van der Waals surface area contributed by atoms with E-state index in [1.165, 1.54) is 27.0 Å². The molecule has 4 heterocycles. The molecule has 0 saturated carbocycles. The lowest BCUT2D eigenvalue weighted by Crippen LogP contribution is -2.48. The van der Waals surface area contributed by atoms with Gasteiger partial charge < -0.3 is 9.64 Å². The van der Waals surface area contributed by atoms with Gasteiger partial charge in [0.15, 0.2) is 5.16 Å². The fourth-order valence-electron chi connectivity index (χ4n) is 5.50. The quantitative estimate of drug-likeness (QED) is 0.233. The van der Waals surface area contributed by atoms with Crippen molar-refractivity contribution in [3.05, 3.63) is 82.2 Å². The number of aromatic nitrogens is 2. The molecule has 6 rings (SSSR count). The van der Waals surface area contributed by atoms with Crippen molar-refractivity contribution >= 4 is 39.1 Å². The van der Waals surface area contributed by atoms with E-state index in [9.17, 15) is 0 Å². The molecule has 0 atom stereocenters. The minimum atomic E-state index is -0.159. The average molecular weight is 517 g/mol. The van der Waals surface area contributed by atoms with Crippen LogP contribution in [0.25, 0.3) is 10.2 Å². The van der Waals surface area contributed by atoms with Crippen molar-refractivity contribution in [1.29, 1.82) is 0 Å². The fraction of sp³-hybridized carbons (Fsp3) is 0.379. The van der Waals surface area contributed by atoms with Crippen LogP contribution in [0.2, 0.25) is 0 Å². The highest BCUT2D eigenvalue weighted by Crippen LogP contribution is 2.43. The number of benzene rings is 2. The Morgan fingerprint density at radius 2 is 1.56 bits per heavy atom. The summed E-state index contributed by atoms with van der Waals surface area (Å²) < 4.78 is 6.12. The van der Waals surface area contributed by atoms with Crippen molar-refractivity contribution in [3.63, 3.8) is 0 Å². The Morgan fingerprint density at radius 1 is 0.917 bits per heavy atom. The SMILES string of the molecule is CSc1nc(N2CCN(C(c3ccccc3)c3ccccc3)CC2)c2c3c(sc2n1)COC(C)(C)C3. The van der Waals surface area contributed by atoms with Crippen molar-refractivity contribution in [2.24, 2.45) is 0 Å². The molecule has 0 N–H and O–H groups in total. The Hall–Kier alpha value is -2.45. The van der Waals surface area contributed by atoms with Crippen molar-refractivity contribution in [1.82, 2.24) is 14.9 Å². The van der Waals surface area contributed by atoms with Crippen LogP contribution in [0, 0.1) is 0 Å². The molecule has 186 valence electrons. The van der Waals surface area contributed by atoms with E-state index in [0.717, 1.165) is 48.4 Å². The maximum atomic E-state index is 6.12. The van der Waals surface area contributed by atoms with Crippen LogP contribution in [0.1, 0.15) is 41.5 Å². The molecule has 0 radical (unpaired) electrons. The molecule has 0 bridgehead atoms. The summed E-state index contributed by atoms with van der Waals surface area (Å²) in [6, 6.07) is 22.1. The Labute approximate surface area is 221 Å². The molecule has 2 aliphatic heterocycles. The van der Waals surface area contributed by atoms with Gasteiger partial charge in [-0.3, -0.25) is 4.90 Å². The monoisotopic (exact) mass is 516 g/mol. The van der Waals surface area contributed by atoms with Crippen LogP contribution < -0.4 is 4.90 Å². The van der Waals surface area contributed by atoms with Gasteiger partial charge >= 0.3 is 0 Å². The summed E-state index contributed by atoms with van der Waals surface area (Å²) in [7, 11) is 0. The van der Waals surface area contributed by atoms with Gasteiger partial charge in [0.05, 0.1) is 23.6 Å². The predicted octanol–water partition coefficient (Wildman–Crippen LogP) is 6.18. The first-order valence-corrected chi connectivity index (χ1v) is 14.7. The summed E-state index contributed by atoms with van der Waals surface area (Å²) in [5, 5.41) is 2.10. The number of hydrogen-bond donors (Lipinski definition) is 0. The number of piperazine rings is 1. The number of nitrogens with zero attached hydrogens (tertiary/aromatic N) is 4. The molecule has 5 nitrogen and oxygen atoms in total. The zero-order valence-corrected chi connectivity index (χ0v) is 22.7. The van der Waals surface area contributed by atoms with Crippen LogP contribution in [0.3, 0.4) is 0 Å². The van der Waals surface area contributed by atoms with Crippen molar-refractivity contribution in [3.8, 4) is 0 Å². The summed E-state index contributed by atoms with van der Waals surface area (Å²) in [6.07, 6.45) is 2.97. The fourth-order valence-corrected chi connectivity index (χ4v) is 7.02. The van der Waals surface area contributed by atoms with E-state index < -0.39 is 0 Å². The third-order valence-corrected chi connectivity index (χ3v) is 8.93. The van der Waals surface area contributed by atoms with Crippen LogP contribution in [0.5, 0.6) is 0 Å². The maximum Gasteiger partial charge on any atom is 0.190 e. The molecule has 2 aromatic carbocycles. The summed E-state index contributed by atoms with van der Waals surface area (Å²) >= 11 is 3.41. The number of rotatable bonds is 5. The van der Waals surface area contributed by atoms with E-state index >= 15 is 0 Å². The number of thioether (sulfide) groups is 1. The van der Waals surface area contributed by atoms with E-state index in [1.807, 2.05) is 0 Å². The number of ether oxygens (including phenoxy) is 1. The lowest BCUT2D eigenvalue weighted by molar-refractivity contribution is -0.0379. The Morgan fingerprint density at radius 3 is 2.17 bits per heavy atom. The van der Waals surface area contributed by atoms with Gasteiger partial charge in [0.1, 0.15) is 10.6 Å². The first-order chi connectivity index (χ1) is 17.5. The molecule has 4 aromatic rings. The predicted molar refractivity (Wildman–Crippen MR) is 150 cm³/mol. The minimum absolute atomic E-state index is 0.159. The largest absolute Gasteiger partial charge is 0.370 e. The molecule has 0 spiro atoms. The van der Waals surface area contributed by atoms with Crippen molar-refractivity contribution in [2.75, 3.05) is 37.3 Å². The van der Waals surface area contributed by atoms with Gasteiger partial charge in [-0.15, -0.1) is 11.3 Å². The van der Waals surface area contributed by atoms with E-state index in [0.29, 0.717) is 6.61 Å². The molecule has 0 amide bonds. The van der Waals surface area contributed by atoms with Gasteiger partial charge in [0, 0.05) is 37.5 Å². The van der Waals surface area contributed by atoms with Crippen LogP contribution in [0.4, 0.5) is 5.82 Å². The van der Waals surface area contributed by atoms with Crippen LogP contribution in [-0.2, 0) is 17.8 Å². The number of anilines is 1. The minimum Gasteiger partial charge on any atom is -0.370 e. The van der Waals surface area contributed by atoms with E-state index in [-0.39, 0.29) is 11.6 Å². The lowest BCUT2D eigenvalue weighted by Gasteiger charge is -2.40. The Balaban J connectivity index is 1.32. The second-order valence-corrected chi connectivity index (χ2v) is 12.0. The van der Waals surface area contributed by atoms with Gasteiger partial charge in [0.2, 0.25) is 0 Å². The highest BCUT2D eigenvalue weighted by atomic mass is 32.2. The van der Waals surface area contributed by atoms with Gasteiger partial charge in [-0.2, -0.15) is 0 Å². The second kappa shape index (κ2) is 9.78. The van der Waals surface area contributed by atoms with Gasteiger partial charge in [-0.05, 0) is 36.8 Å². The first kappa shape index (κ1) is 23.9. The maximum absolute atomic E-state index is 6.12. The normalized spacial score (nSPS) is 18.1. The molecule has 36 heavy (non-hydrogen) atoms. The van der Waals surface area contributed by atoms with Gasteiger partial charge in [-0.25, -0.2) is 9.97 Å². The van der Waals surface area contributed by atoms with Gasteiger partial charge in [0.25, 0.3) is 0 Å². The number of fused-ring (bicyclic) bond motifs is 3. The zero-order chi connectivity index (χ0) is 24.7. The summed E-state index contributed by atoms with van der Waals surface area (Å²) in [4.78, 5) is 17.5. The van der Waals surface area contributed by atoms with Crippen LogP contribution in [0.15, 0.2) is 65.8 Å². The highest BCUT2D eigenvalue weighted by Gasteiger charge is 2.33. The zero-order valence-electron chi connectivity index (χ0n) is 21.1. The van der Waals surface area contributed by atoms with E-state index in [2.05, 4.69) is 90.6 Å². The van der Waals surface area contributed by atoms with Crippen molar-refractivity contribution < 1.29 is 4.74 Å². The molecule has 2 aromatic heterocycles. The average Bonchev–Trinajstić information content (AvgIpc) is 3.26. The van der Waals surface area contributed by atoms with Crippen LogP contribution in [-0.4, -0.2) is 52.9 Å². The second-order valence-electron chi connectivity index (χ2n) is 10.2. The molecule has 0 unspecified atom stereocenters. The Bertz CT molecular complexity index is 1310. The smallest absolute Gasteiger partial charge is 0.190 e. The van der Waals surface area contributed by atoms with Crippen LogP contribution >= 0.6 is 23.1 Å². The molecule has 1 saturated heterocycles. The lowest BCUT2D eigenvalue weighted by atomic mass is 9.94. The number of thiophene rings is 1. The Kier molecular flexibility index (Phi) is 6.50. The topological polar surface area (TPSA) is 41.5 Å². The molecule has 1 fully saturated rings. The first-order valence-electron chi connectivity index (χ1n) is 12.6. The highest BCUT2D eigenvalue weighted by molar-refractivity contribution is 7.98. The molecular formula is C29H32N4OS2. The number of hydrogen-bond acceptors (Lipinski definition) is 7. The van der Waals surface area contributed by atoms with Gasteiger partial charge in [-0.1, -0.05) is 72.4 Å². The van der Waals surface area contributed by atoms with E-state index in [4.69, 9.17) is 14.7 Å². The molecule has 2 aliphatic rings. The third kappa shape index (κ3) is 4.54.